The molecule has 1 fully saturated rings. The predicted octanol–water partition coefficient (Wildman–Crippen LogP) is 5.25. The minimum absolute atomic E-state index is 0.00690. The number of nitrogens with one attached hydrogen (secondary N) is 1. The molecule has 1 aliphatic carbocycles. The molecule has 0 aliphatic heterocycles. The third-order valence-corrected chi connectivity index (χ3v) is 7.78. The Balaban J connectivity index is 2.02. The van der Waals surface area contributed by atoms with Crippen molar-refractivity contribution in [3.63, 3.8) is 0 Å². The quantitative estimate of drug-likeness (QED) is 0.642. The van der Waals surface area contributed by atoms with Gasteiger partial charge in [-0.3, -0.25) is 9.78 Å². The van der Waals surface area contributed by atoms with Crippen LogP contribution in [0, 0.1) is 38.0 Å². The van der Waals surface area contributed by atoms with Crippen LogP contribution < -0.4 is 5.32 Å². The van der Waals surface area contributed by atoms with E-state index in [1.54, 1.807) is 6.20 Å². The van der Waals surface area contributed by atoms with Gasteiger partial charge in [0.2, 0.25) is 0 Å². The van der Waals surface area contributed by atoms with Gasteiger partial charge in [0.1, 0.15) is 0 Å². The van der Waals surface area contributed by atoms with E-state index in [9.17, 15) is 9.90 Å². The number of hydrogen-bond donors (Lipinski definition) is 2. The van der Waals surface area contributed by atoms with Gasteiger partial charge in [-0.15, -0.1) is 0 Å². The summed E-state index contributed by atoms with van der Waals surface area (Å²) in [5, 5.41) is 13.5. The number of aryl methyl sites for hydroxylation is 1. The molecular weight excluding hydrogens is 386 g/mol. The average Bonchev–Trinajstić information content (AvgIpc) is 3.09. The Morgan fingerprint density at radius 2 is 1.94 bits per heavy atom. The first kappa shape index (κ1) is 23.5. The van der Waals surface area contributed by atoms with Crippen molar-refractivity contribution in [1.82, 2.24) is 9.55 Å². The molecule has 2 heterocycles. The summed E-state index contributed by atoms with van der Waals surface area (Å²) in [7, 11) is 0. The fourth-order valence-corrected chi connectivity index (χ4v) is 5.13. The maximum absolute atomic E-state index is 13.8. The highest BCUT2D eigenvalue weighted by Gasteiger charge is 2.46. The molecule has 0 saturated heterocycles. The molecule has 5 nitrogen and oxygen atoms in total. The average molecular weight is 426 g/mol. The molecule has 0 amide bonds. The summed E-state index contributed by atoms with van der Waals surface area (Å²) in [6.07, 6.45) is 4.65. The highest BCUT2D eigenvalue weighted by molar-refractivity contribution is 6.14. The van der Waals surface area contributed by atoms with Gasteiger partial charge >= 0.3 is 0 Å². The summed E-state index contributed by atoms with van der Waals surface area (Å²) in [6.45, 7) is 19.4. The van der Waals surface area contributed by atoms with Gasteiger partial charge in [0.05, 0.1) is 11.3 Å². The third-order valence-electron chi connectivity index (χ3n) is 7.78. The maximum Gasteiger partial charge on any atom is 0.198 e. The number of aliphatic hydroxyl groups excluding tert-OH is 1. The van der Waals surface area contributed by atoms with E-state index < -0.39 is 0 Å². The van der Waals surface area contributed by atoms with Crippen LogP contribution in [0.1, 0.15) is 80.8 Å². The number of nitrogens with zero attached hydrogens (tertiary/aromatic N) is 2. The molecule has 31 heavy (non-hydrogen) atoms. The first-order valence-corrected chi connectivity index (χ1v) is 11.4. The van der Waals surface area contributed by atoms with Gasteiger partial charge < -0.3 is 15.0 Å². The molecule has 170 valence electrons. The van der Waals surface area contributed by atoms with Gasteiger partial charge in [0.25, 0.3) is 0 Å². The molecule has 2 aromatic heterocycles. The van der Waals surface area contributed by atoms with Crippen LogP contribution in [-0.2, 0) is 5.54 Å². The normalized spacial score (nSPS) is 23.2. The fraction of sp³-hybridized carbons (Fsp3) is 0.615. The highest BCUT2D eigenvalue weighted by Crippen LogP contribution is 2.47. The van der Waals surface area contributed by atoms with Crippen LogP contribution in [-0.4, -0.2) is 33.1 Å². The molecule has 0 bridgehead atoms. The molecule has 0 radical (unpaired) electrons. The van der Waals surface area contributed by atoms with E-state index in [2.05, 4.69) is 63.3 Å². The van der Waals surface area contributed by atoms with Crippen molar-refractivity contribution < 1.29 is 9.90 Å². The topological polar surface area (TPSA) is 67.2 Å². The lowest BCUT2D eigenvalue weighted by atomic mass is 9.78. The third kappa shape index (κ3) is 4.05. The van der Waals surface area contributed by atoms with Crippen molar-refractivity contribution in [2.75, 3.05) is 11.9 Å². The van der Waals surface area contributed by atoms with E-state index in [4.69, 9.17) is 0 Å². The zero-order valence-electron chi connectivity index (χ0n) is 20.6. The second-order valence-corrected chi connectivity index (χ2v) is 10.9. The van der Waals surface area contributed by atoms with Crippen molar-refractivity contribution in [1.29, 1.82) is 0 Å². The van der Waals surface area contributed by atoms with E-state index in [1.165, 1.54) is 0 Å². The lowest BCUT2D eigenvalue weighted by molar-refractivity contribution is 0.103. The number of ketones is 1. The zero-order valence-corrected chi connectivity index (χ0v) is 20.6. The molecule has 2 aromatic rings. The molecule has 5 heteroatoms. The van der Waals surface area contributed by atoms with Crippen molar-refractivity contribution in [3.05, 3.63) is 46.5 Å². The summed E-state index contributed by atoms with van der Waals surface area (Å²) in [6, 6.07) is 2.09. The Labute approximate surface area is 187 Å². The largest absolute Gasteiger partial charge is 0.396 e. The summed E-state index contributed by atoms with van der Waals surface area (Å²) in [4.78, 5) is 18.2. The van der Waals surface area contributed by atoms with Crippen LogP contribution in [0.5, 0.6) is 0 Å². The Kier molecular flexibility index (Phi) is 6.13. The smallest absolute Gasteiger partial charge is 0.198 e. The number of rotatable bonds is 5. The van der Waals surface area contributed by atoms with Gasteiger partial charge in [-0.1, -0.05) is 20.8 Å². The molecule has 1 saturated carbocycles. The van der Waals surface area contributed by atoms with Gasteiger partial charge in [0.15, 0.2) is 5.78 Å². The summed E-state index contributed by atoms with van der Waals surface area (Å²) < 4.78 is 2.18. The minimum atomic E-state index is -0.0955. The van der Waals surface area contributed by atoms with Crippen molar-refractivity contribution in [3.8, 4) is 0 Å². The molecule has 2 unspecified atom stereocenters. The second kappa shape index (κ2) is 8.09. The SMILES string of the molecule is Cc1nccc(N[C@@H]2CC(CO)C(C)C2(C)C)c1C(=O)c1cn(C(C)(C)C)c(C)c1C. The van der Waals surface area contributed by atoms with E-state index in [0.29, 0.717) is 11.5 Å². The van der Waals surface area contributed by atoms with Crippen LogP contribution in [0.4, 0.5) is 5.69 Å². The van der Waals surface area contributed by atoms with Crippen LogP contribution >= 0.6 is 0 Å². The standard InChI is InChI=1S/C26H39N3O2/c1-15-18(4)29(25(5,6)7)13-20(15)24(31)23-17(3)27-11-10-21(23)28-22-12-19(14-30)16(2)26(22,8)9/h10-11,13,16,19,22,30H,12,14H2,1-9H3,(H,27,28)/t16?,19?,22-/m1/s1. The molecule has 3 rings (SSSR count). The van der Waals surface area contributed by atoms with E-state index in [0.717, 1.165) is 34.6 Å². The van der Waals surface area contributed by atoms with Crippen LogP contribution in [0.3, 0.4) is 0 Å². The first-order chi connectivity index (χ1) is 14.3. The summed E-state index contributed by atoms with van der Waals surface area (Å²) in [5.41, 5.74) is 4.99. The minimum Gasteiger partial charge on any atom is -0.396 e. The Morgan fingerprint density at radius 1 is 1.29 bits per heavy atom. The molecule has 3 atom stereocenters. The zero-order chi connectivity index (χ0) is 23.3. The van der Waals surface area contributed by atoms with Crippen LogP contribution in [0.2, 0.25) is 0 Å². The fourth-order valence-electron chi connectivity index (χ4n) is 5.13. The number of carbonyl (C=O) groups excluding carboxylic acids is 1. The Morgan fingerprint density at radius 3 is 2.45 bits per heavy atom. The number of hydrogen-bond acceptors (Lipinski definition) is 4. The van der Waals surface area contributed by atoms with Crippen molar-refractivity contribution in [2.24, 2.45) is 17.3 Å². The van der Waals surface area contributed by atoms with E-state index >= 15 is 0 Å². The van der Waals surface area contributed by atoms with Gasteiger partial charge in [-0.2, -0.15) is 0 Å². The number of anilines is 1. The number of pyridine rings is 1. The van der Waals surface area contributed by atoms with Crippen LogP contribution in [0.25, 0.3) is 0 Å². The Hall–Kier alpha value is -2.14. The van der Waals surface area contributed by atoms with E-state index in [1.807, 2.05) is 26.1 Å². The maximum atomic E-state index is 13.8. The molecule has 0 aromatic carbocycles. The number of carbonyl (C=O) groups is 1. The number of aromatic nitrogens is 2. The van der Waals surface area contributed by atoms with Gasteiger partial charge in [-0.05, 0) is 76.8 Å². The summed E-state index contributed by atoms with van der Waals surface area (Å²) >= 11 is 0. The highest BCUT2D eigenvalue weighted by atomic mass is 16.3. The Bertz CT molecular complexity index is 981. The monoisotopic (exact) mass is 425 g/mol. The van der Waals surface area contributed by atoms with Gasteiger partial charge in [-0.25, -0.2) is 0 Å². The first-order valence-electron chi connectivity index (χ1n) is 11.4. The van der Waals surface area contributed by atoms with Gasteiger partial charge in [0, 0.05) is 47.5 Å². The number of aliphatic hydroxyl groups is 1. The predicted molar refractivity (Wildman–Crippen MR) is 127 cm³/mol. The molecule has 2 N–H and O–H groups in total. The lowest BCUT2D eigenvalue weighted by Crippen LogP contribution is -2.35. The molecular formula is C26H39N3O2. The lowest BCUT2D eigenvalue weighted by Gasteiger charge is -2.33. The van der Waals surface area contributed by atoms with Crippen molar-refractivity contribution >= 4 is 11.5 Å². The van der Waals surface area contributed by atoms with E-state index in [-0.39, 0.29) is 35.3 Å². The summed E-state index contributed by atoms with van der Waals surface area (Å²) in [5.74, 6) is 0.669. The van der Waals surface area contributed by atoms with Crippen molar-refractivity contribution in [2.45, 2.75) is 80.3 Å². The molecule has 0 spiro atoms. The molecule has 1 aliphatic rings. The van der Waals surface area contributed by atoms with Crippen LogP contribution in [0.15, 0.2) is 18.5 Å². The second-order valence-electron chi connectivity index (χ2n) is 10.9.